The van der Waals surface area contributed by atoms with E-state index < -0.39 is 0 Å². The second kappa shape index (κ2) is 4.71. The summed E-state index contributed by atoms with van der Waals surface area (Å²) in [6.45, 7) is 11.4. The van der Waals surface area contributed by atoms with Gasteiger partial charge in [-0.2, -0.15) is 0 Å². The Hall–Kier alpha value is -2.08. The van der Waals surface area contributed by atoms with Crippen molar-refractivity contribution in [2.24, 2.45) is 5.41 Å². The quantitative estimate of drug-likeness (QED) is 0.566. The molecule has 0 radical (unpaired) electrons. The molecule has 2 atom stereocenters. The molecule has 0 heterocycles. The highest BCUT2D eigenvalue weighted by Gasteiger charge is 2.44. The van der Waals surface area contributed by atoms with Crippen LogP contribution in [0.2, 0.25) is 0 Å². The van der Waals surface area contributed by atoms with E-state index >= 15 is 0 Å². The second-order valence-corrected chi connectivity index (χ2v) is 7.55. The molecule has 0 spiro atoms. The first-order valence-electron chi connectivity index (χ1n) is 8.50. The zero-order chi connectivity index (χ0) is 16.4. The molecule has 0 saturated heterocycles. The monoisotopic (exact) mass is 300 g/mol. The molecule has 0 aliphatic heterocycles. The Bertz CT molecular complexity index is 867. The second-order valence-electron chi connectivity index (χ2n) is 7.55. The van der Waals surface area contributed by atoms with Crippen LogP contribution in [0.25, 0.3) is 6.08 Å². The summed E-state index contributed by atoms with van der Waals surface area (Å²) in [7, 11) is 0. The van der Waals surface area contributed by atoms with Crippen molar-refractivity contribution in [3.63, 3.8) is 0 Å². The Morgan fingerprint density at radius 1 is 0.913 bits per heavy atom. The minimum atomic E-state index is 0.0281. The van der Waals surface area contributed by atoms with Crippen LogP contribution in [-0.4, -0.2) is 0 Å². The van der Waals surface area contributed by atoms with E-state index in [4.69, 9.17) is 0 Å². The van der Waals surface area contributed by atoms with Gasteiger partial charge in [0.25, 0.3) is 0 Å². The van der Waals surface area contributed by atoms with Crippen LogP contribution < -0.4 is 0 Å². The van der Waals surface area contributed by atoms with E-state index in [1.807, 2.05) is 0 Å². The maximum atomic E-state index is 2.48. The Balaban J connectivity index is 1.91. The number of benzene rings is 1. The molecule has 0 fully saturated rings. The minimum absolute atomic E-state index is 0.0281. The standard InChI is InChI=1S/C23H24/c1-14-10-20-17(4)15(2)12-21(20)23(5,13-14)22-16(3)11-18-8-6-7-9-19(18)22/h6-13,22H,1-5H3/t22-,23?/m1/s1. The first kappa shape index (κ1) is 14.5. The molecule has 1 unspecified atom stereocenters. The van der Waals surface area contributed by atoms with Crippen LogP contribution in [-0.2, 0) is 0 Å². The molecule has 0 heteroatoms. The summed E-state index contributed by atoms with van der Waals surface area (Å²) in [4.78, 5) is 0. The fraction of sp³-hybridized carbons (Fsp3) is 0.304. The summed E-state index contributed by atoms with van der Waals surface area (Å²) in [6.07, 6.45) is 9.63. The maximum Gasteiger partial charge on any atom is 0.0221 e. The van der Waals surface area contributed by atoms with Crippen LogP contribution >= 0.6 is 0 Å². The lowest BCUT2D eigenvalue weighted by atomic mass is 9.63. The summed E-state index contributed by atoms with van der Waals surface area (Å²) in [6, 6.07) is 8.87. The Labute approximate surface area is 139 Å². The largest absolute Gasteiger partial charge is 0.0703 e. The van der Waals surface area contributed by atoms with Crippen LogP contribution in [0, 0.1) is 5.41 Å². The van der Waals surface area contributed by atoms with Crippen LogP contribution in [0.3, 0.4) is 0 Å². The van der Waals surface area contributed by atoms with Gasteiger partial charge >= 0.3 is 0 Å². The van der Waals surface area contributed by atoms with Gasteiger partial charge in [-0.25, -0.2) is 0 Å². The molecule has 3 aliphatic carbocycles. The van der Waals surface area contributed by atoms with Gasteiger partial charge in [0.1, 0.15) is 0 Å². The lowest BCUT2D eigenvalue weighted by molar-refractivity contribution is 0.448. The number of hydrogen-bond acceptors (Lipinski definition) is 0. The molecule has 1 aromatic rings. The highest BCUT2D eigenvalue weighted by atomic mass is 14.5. The summed E-state index contributed by atoms with van der Waals surface area (Å²) in [5.74, 6) is 0.433. The van der Waals surface area contributed by atoms with Crippen molar-refractivity contribution in [3.8, 4) is 0 Å². The van der Waals surface area contributed by atoms with E-state index in [1.54, 1.807) is 0 Å². The van der Waals surface area contributed by atoms with Gasteiger partial charge < -0.3 is 0 Å². The highest BCUT2D eigenvalue weighted by molar-refractivity contribution is 5.72. The number of allylic oxidation sites excluding steroid dienone is 9. The molecule has 0 saturated carbocycles. The topological polar surface area (TPSA) is 0 Å². The van der Waals surface area contributed by atoms with E-state index in [9.17, 15) is 0 Å². The lowest BCUT2D eigenvalue weighted by Crippen LogP contribution is -2.28. The molecule has 3 aliphatic rings. The van der Waals surface area contributed by atoms with Crippen molar-refractivity contribution in [1.29, 1.82) is 0 Å². The Kier molecular flexibility index (Phi) is 2.97. The molecule has 0 N–H and O–H groups in total. The zero-order valence-corrected chi connectivity index (χ0v) is 14.7. The molecular weight excluding hydrogens is 276 g/mol. The molecule has 0 amide bonds. The number of hydrogen-bond donors (Lipinski definition) is 0. The van der Waals surface area contributed by atoms with Crippen LogP contribution in [0.5, 0.6) is 0 Å². The molecule has 0 nitrogen and oxygen atoms in total. The van der Waals surface area contributed by atoms with Gasteiger partial charge in [0.2, 0.25) is 0 Å². The van der Waals surface area contributed by atoms with E-state index in [-0.39, 0.29) is 5.41 Å². The van der Waals surface area contributed by atoms with Crippen LogP contribution in [0.15, 0.2) is 75.9 Å². The third kappa shape index (κ3) is 1.91. The van der Waals surface area contributed by atoms with Crippen LogP contribution in [0.4, 0.5) is 0 Å². The number of rotatable bonds is 1. The predicted molar refractivity (Wildman–Crippen MR) is 99.2 cm³/mol. The molecule has 0 aromatic heterocycles. The van der Waals surface area contributed by atoms with Gasteiger partial charge in [0, 0.05) is 11.3 Å². The van der Waals surface area contributed by atoms with Gasteiger partial charge in [-0.3, -0.25) is 0 Å². The Morgan fingerprint density at radius 2 is 1.65 bits per heavy atom. The average Bonchev–Trinajstić information content (AvgIpc) is 2.98. The van der Waals surface area contributed by atoms with Crippen molar-refractivity contribution in [2.45, 2.75) is 40.5 Å². The third-order valence-corrected chi connectivity index (χ3v) is 5.87. The van der Waals surface area contributed by atoms with Crippen molar-refractivity contribution in [1.82, 2.24) is 0 Å². The van der Waals surface area contributed by atoms with Gasteiger partial charge in [0.05, 0.1) is 0 Å². The first-order valence-corrected chi connectivity index (χ1v) is 8.50. The van der Waals surface area contributed by atoms with E-state index in [0.29, 0.717) is 5.92 Å². The van der Waals surface area contributed by atoms with Gasteiger partial charge in [-0.1, -0.05) is 66.6 Å². The highest BCUT2D eigenvalue weighted by Crippen LogP contribution is 2.57. The third-order valence-electron chi connectivity index (χ3n) is 5.87. The molecule has 0 bridgehead atoms. The predicted octanol–water partition coefficient (Wildman–Crippen LogP) is 6.36. The zero-order valence-electron chi connectivity index (χ0n) is 14.7. The average molecular weight is 300 g/mol. The Morgan fingerprint density at radius 3 is 2.43 bits per heavy atom. The number of fused-ring (bicyclic) bond motifs is 2. The van der Waals surface area contributed by atoms with E-state index in [2.05, 4.69) is 83.2 Å². The van der Waals surface area contributed by atoms with E-state index in [1.165, 1.54) is 44.6 Å². The first-order chi connectivity index (χ1) is 10.9. The molecular formula is C23H24. The SMILES string of the molecule is CC1=CC(C)([C@@H]2C(C)=Cc3ccccc32)C2=CC(C)=C(C)C2=C1. The molecule has 4 rings (SSSR count). The molecule has 23 heavy (non-hydrogen) atoms. The van der Waals surface area contributed by atoms with E-state index in [0.717, 1.165) is 0 Å². The maximum absolute atomic E-state index is 2.48. The fourth-order valence-electron chi connectivity index (χ4n) is 4.78. The fourth-order valence-corrected chi connectivity index (χ4v) is 4.78. The van der Waals surface area contributed by atoms with Crippen molar-refractivity contribution >= 4 is 6.08 Å². The smallest absolute Gasteiger partial charge is 0.0221 e. The summed E-state index contributed by atoms with van der Waals surface area (Å²) in [5.41, 5.74) is 11.5. The van der Waals surface area contributed by atoms with Gasteiger partial charge in [0.15, 0.2) is 0 Å². The van der Waals surface area contributed by atoms with Crippen molar-refractivity contribution < 1.29 is 0 Å². The summed E-state index contributed by atoms with van der Waals surface area (Å²) in [5, 5.41) is 0. The summed E-state index contributed by atoms with van der Waals surface area (Å²) >= 11 is 0. The van der Waals surface area contributed by atoms with Crippen molar-refractivity contribution in [3.05, 3.63) is 87.1 Å². The van der Waals surface area contributed by atoms with Gasteiger partial charge in [-0.05, 0) is 61.1 Å². The molecule has 116 valence electrons. The van der Waals surface area contributed by atoms with Crippen molar-refractivity contribution in [2.75, 3.05) is 0 Å². The van der Waals surface area contributed by atoms with Gasteiger partial charge in [-0.15, -0.1) is 0 Å². The molecule has 1 aromatic carbocycles. The normalized spacial score (nSPS) is 28.8. The minimum Gasteiger partial charge on any atom is -0.0703 e. The lowest BCUT2D eigenvalue weighted by Gasteiger charge is -2.40. The summed E-state index contributed by atoms with van der Waals surface area (Å²) < 4.78 is 0. The van der Waals surface area contributed by atoms with Crippen LogP contribution in [0.1, 0.15) is 51.7 Å².